The van der Waals surface area contributed by atoms with Gasteiger partial charge >= 0.3 is 5.97 Å². The Morgan fingerprint density at radius 3 is 2.32 bits per heavy atom. The van der Waals surface area contributed by atoms with Gasteiger partial charge in [-0.15, -0.1) is 0 Å². The van der Waals surface area contributed by atoms with Gasteiger partial charge < -0.3 is 10.5 Å². The van der Waals surface area contributed by atoms with E-state index in [1.54, 1.807) is 32.9 Å². The van der Waals surface area contributed by atoms with Gasteiger partial charge in [0, 0.05) is 4.47 Å². The highest BCUT2D eigenvalue weighted by molar-refractivity contribution is 9.10. The number of nitrogens with two attached hydrogens (primary N) is 1. The maximum Gasteiger partial charge on any atom is 0.324 e. The van der Waals surface area contributed by atoms with Gasteiger partial charge in [0.05, 0.1) is 4.90 Å². The van der Waals surface area contributed by atoms with Gasteiger partial charge in [-0.2, -0.15) is 4.72 Å². The van der Waals surface area contributed by atoms with E-state index in [4.69, 9.17) is 10.5 Å². The van der Waals surface area contributed by atoms with Gasteiger partial charge in [0.1, 0.15) is 11.6 Å². The first-order chi connectivity index (χ1) is 10.0. The zero-order valence-corrected chi connectivity index (χ0v) is 15.2. The van der Waals surface area contributed by atoms with Gasteiger partial charge in [-0.1, -0.05) is 15.9 Å². The Labute approximate surface area is 139 Å². The van der Waals surface area contributed by atoms with Crippen molar-refractivity contribution in [3.05, 3.63) is 28.7 Å². The van der Waals surface area contributed by atoms with E-state index in [2.05, 4.69) is 20.7 Å². The molecule has 1 aromatic carbocycles. The summed E-state index contributed by atoms with van der Waals surface area (Å²) < 4.78 is 33.0. The number of halogens is 1. The lowest BCUT2D eigenvalue weighted by Crippen LogP contribution is -2.45. The molecule has 0 saturated heterocycles. The molecule has 0 spiro atoms. The van der Waals surface area contributed by atoms with E-state index < -0.39 is 27.6 Å². The zero-order chi connectivity index (χ0) is 17.0. The Bertz CT molecular complexity index is 609. The smallest absolute Gasteiger partial charge is 0.324 e. The van der Waals surface area contributed by atoms with Crippen LogP contribution in [0.4, 0.5) is 0 Å². The number of hydrogen-bond donors (Lipinski definition) is 2. The SMILES string of the molecule is CC(C)(C)OC(=O)[C@@H](CCN)NS(=O)(=O)c1ccc(Br)cc1. The van der Waals surface area contributed by atoms with E-state index in [1.807, 2.05) is 0 Å². The van der Waals surface area contributed by atoms with Gasteiger partial charge in [-0.05, 0) is 58.0 Å². The Morgan fingerprint density at radius 1 is 1.32 bits per heavy atom. The molecule has 0 aromatic heterocycles. The fourth-order valence-electron chi connectivity index (χ4n) is 1.63. The van der Waals surface area contributed by atoms with Crippen LogP contribution in [0.3, 0.4) is 0 Å². The minimum atomic E-state index is -3.83. The molecule has 0 aliphatic carbocycles. The molecule has 0 aliphatic heterocycles. The lowest BCUT2D eigenvalue weighted by atomic mass is 10.1. The number of nitrogens with one attached hydrogen (secondary N) is 1. The van der Waals surface area contributed by atoms with Crippen LogP contribution in [0.2, 0.25) is 0 Å². The Hall–Kier alpha value is -0.960. The third-order valence-electron chi connectivity index (χ3n) is 2.57. The number of rotatable bonds is 6. The lowest BCUT2D eigenvalue weighted by molar-refractivity contribution is -0.157. The summed E-state index contributed by atoms with van der Waals surface area (Å²) in [5, 5.41) is 0. The highest BCUT2D eigenvalue weighted by Crippen LogP contribution is 2.16. The predicted octanol–water partition coefficient (Wildman–Crippen LogP) is 1.79. The number of hydrogen-bond acceptors (Lipinski definition) is 5. The van der Waals surface area contributed by atoms with Crippen LogP contribution in [0, 0.1) is 0 Å². The second-order valence-corrected chi connectivity index (χ2v) is 8.37. The van der Waals surface area contributed by atoms with E-state index >= 15 is 0 Å². The van der Waals surface area contributed by atoms with E-state index in [0.29, 0.717) is 0 Å². The van der Waals surface area contributed by atoms with E-state index in [-0.39, 0.29) is 17.9 Å². The topological polar surface area (TPSA) is 98.5 Å². The molecule has 1 rings (SSSR count). The van der Waals surface area contributed by atoms with Crippen LogP contribution >= 0.6 is 15.9 Å². The molecule has 0 unspecified atom stereocenters. The van der Waals surface area contributed by atoms with Gasteiger partial charge in [-0.3, -0.25) is 4.79 Å². The maximum atomic E-state index is 12.3. The monoisotopic (exact) mass is 392 g/mol. The summed E-state index contributed by atoms with van der Waals surface area (Å²) in [5.74, 6) is -0.640. The summed E-state index contributed by atoms with van der Waals surface area (Å²) in [6.45, 7) is 5.31. The molecule has 0 amide bonds. The number of carbonyl (C=O) groups is 1. The van der Waals surface area contributed by atoms with Crippen LogP contribution in [0.15, 0.2) is 33.6 Å². The molecule has 0 bridgehead atoms. The molecule has 3 N–H and O–H groups in total. The van der Waals surface area contributed by atoms with Crippen LogP contribution < -0.4 is 10.5 Å². The first-order valence-electron chi connectivity index (χ1n) is 6.76. The second kappa shape index (κ2) is 7.54. The van der Waals surface area contributed by atoms with Crippen molar-refractivity contribution in [3.63, 3.8) is 0 Å². The first-order valence-corrected chi connectivity index (χ1v) is 9.03. The van der Waals surface area contributed by atoms with E-state index in [0.717, 1.165) is 4.47 Å². The maximum absolute atomic E-state index is 12.3. The summed E-state index contributed by atoms with van der Waals surface area (Å²) in [6.07, 6.45) is 0.157. The third kappa shape index (κ3) is 6.04. The molecule has 0 fully saturated rings. The van der Waals surface area contributed by atoms with Crippen LogP contribution in [-0.2, 0) is 19.6 Å². The van der Waals surface area contributed by atoms with Gasteiger partial charge in [0.15, 0.2) is 0 Å². The number of ether oxygens (including phenoxy) is 1. The Kier molecular flexibility index (Phi) is 6.54. The first kappa shape index (κ1) is 19.1. The molecule has 0 radical (unpaired) electrons. The lowest BCUT2D eigenvalue weighted by Gasteiger charge is -2.24. The number of benzene rings is 1. The summed E-state index contributed by atoms with van der Waals surface area (Å²) >= 11 is 3.24. The van der Waals surface area contributed by atoms with Crippen molar-refractivity contribution >= 4 is 31.9 Å². The van der Waals surface area contributed by atoms with Crippen molar-refractivity contribution in [2.24, 2.45) is 5.73 Å². The zero-order valence-electron chi connectivity index (χ0n) is 12.8. The highest BCUT2D eigenvalue weighted by Gasteiger charge is 2.29. The predicted molar refractivity (Wildman–Crippen MR) is 87.8 cm³/mol. The molecule has 6 nitrogen and oxygen atoms in total. The largest absolute Gasteiger partial charge is 0.459 e. The summed E-state index contributed by atoms with van der Waals surface area (Å²) in [7, 11) is -3.83. The van der Waals surface area contributed by atoms with Crippen molar-refractivity contribution in [1.29, 1.82) is 0 Å². The molecule has 8 heteroatoms. The average Bonchev–Trinajstić information content (AvgIpc) is 2.36. The molecular formula is C14H21BrN2O4S. The average molecular weight is 393 g/mol. The minimum absolute atomic E-state index is 0.0706. The van der Waals surface area contributed by atoms with Crippen molar-refractivity contribution < 1.29 is 17.9 Å². The normalized spacial score (nSPS) is 13.7. The van der Waals surface area contributed by atoms with Crippen LogP contribution in [-0.4, -0.2) is 32.6 Å². The number of esters is 1. The molecule has 1 aromatic rings. The van der Waals surface area contributed by atoms with E-state index in [1.165, 1.54) is 12.1 Å². The third-order valence-corrected chi connectivity index (χ3v) is 4.58. The molecule has 124 valence electrons. The van der Waals surface area contributed by atoms with Gasteiger partial charge in [-0.25, -0.2) is 8.42 Å². The summed E-state index contributed by atoms with van der Waals surface area (Å²) in [6, 6.07) is 5.10. The van der Waals surface area contributed by atoms with Crippen LogP contribution in [0.5, 0.6) is 0 Å². The minimum Gasteiger partial charge on any atom is -0.459 e. The molecule has 0 saturated carbocycles. The van der Waals surface area contributed by atoms with Crippen molar-refractivity contribution in [2.75, 3.05) is 6.54 Å². The number of sulfonamides is 1. The quantitative estimate of drug-likeness (QED) is 0.718. The molecular weight excluding hydrogens is 372 g/mol. The van der Waals surface area contributed by atoms with Crippen molar-refractivity contribution in [3.8, 4) is 0 Å². The standard InChI is InChI=1S/C14H21BrN2O4S/c1-14(2,3)21-13(18)12(8-9-16)17-22(19,20)11-6-4-10(15)5-7-11/h4-7,12,17H,8-9,16H2,1-3H3/t12-/m1/s1. The van der Waals surface area contributed by atoms with Gasteiger partial charge in [0.2, 0.25) is 10.0 Å². The molecule has 1 atom stereocenters. The fourth-order valence-corrected chi connectivity index (χ4v) is 3.12. The highest BCUT2D eigenvalue weighted by atomic mass is 79.9. The van der Waals surface area contributed by atoms with Crippen LogP contribution in [0.25, 0.3) is 0 Å². The fraction of sp³-hybridized carbons (Fsp3) is 0.500. The number of carbonyl (C=O) groups excluding carboxylic acids is 1. The van der Waals surface area contributed by atoms with Crippen molar-refractivity contribution in [2.45, 2.75) is 43.7 Å². The van der Waals surface area contributed by atoms with Crippen molar-refractivity contribution in [1.82, 2.24) is 4.72 Å². The Morgan fingerprint density at radius 2 is 1.86 bits per heavy atom. The summed E-state index contributed by atoms with van der Waals surface area (Å²) in [5.41, 5.74) is 4.76. The Balaban J connectivity index is 2.94. The van der Waals surface area contributed by atoms with Crippen LogP contribution in [0.1, 0.15) is 27.2 Å². The molecule has 0 heterocycles. The molecule has 22 heavy (non-hydrogen) atoms. The van der Waals surface area contributed by atoms with Gasteiger partial charge in [0.25, 0.3) is 0 Å². The molecule has 0 aliphatic rings. The van der Waals surface area contributed by atoms with E-state index in [9.17, 15) is 13.2 Å². The second-order valence-electron chi connectivity index (χ2n) is 5.74. The summed E-state index contributed by atoms with van der Waals surface area (Å²) in [4.78, 5) is 12.2.